The number of anilines is 1. The standard InChI is InChI=1S/C11H11N3O4/c12-7-3-1-2-6-9(7)11(16)14(10(6)15)8-4-5-17-13-18-8/h1-3,8,13H,4-5,12H2. The van der Waals surface area contributed by atoms with Crippen LogP contribution in [0.25, 0.3) is 0 Å². The molecule has 2 aliphatic heterocycles. The normalized spacial score (nSPS) is 23.3. The van der Waals surface area contributed by atoms with Gasteiger partial charge in [0.1, 0.15) is 0 Å². The van der Waals surface area contributed by atoms with E-state index in [4.69, 9.17) is 15.4 Å². The number of carbonyl (C=O) groups is 2. The number of imide groups is 1. The van der Waals surface area contributed by atoms with E-state index < -0.39 is 18.0 Å². The number of nitrogen functional groups attached to an aromatic ring is 1. The molecule has 0 bridgehead atoms. The van der Waals surface area contributed by atoms with Gasteiger partial charge in [0.15, 0.2) is 6.23 Å². The second-order valence-corrected chi connectivity index (χ2v) is 4.04. The van der Waals surface area contributed by atoms with Crippen molar-refractivity contribution >= 4 is 17.5 Å². The van der Waals surface area contributed by atoms with Gasteiger partial charge >= 0.3 is 0 Å². The summed E-state index contributed by atoms with van der Waals surface area (Å²) >= 11 is 0. The molecule has 7 nitrogen and oxygen atoms in total. The van der Waals surface area contributed by atoms with Gasteiger partial charge in [0.2, 0.25) is 0 Å². The zero-order chi connectivity index (χ0) is 12.7. The molecule has 2 aliphatic rings. The van der Waals surface area contributed by atoms with E-state index in [1.165, 1.54) is 0 Å². The molecule has 1 unspecified atom stereocenters. The fraction of sp³-hybridized carbons (Fsp3) is 0.273. The second kappa shape index (κ2) is 4.05. The highest BCUT2D eigenvalue weighted by atomic mass is 16.9. The molecule has 94 valence electrons. The highest BCUT2D eigenvalue weighted by Gasteiger charge is 2.42. The molecule has 2 heterocycles. The summed E-state index contributed by atoms with van der Waals surface area (Å²) in [6, 6.07) is 4.82. The minimum Gasteiger partial charge on any atom is -0.398 e. The van der Waals surface area contributed by atoms with Gasteiger partial charge in [0.25, 0.3) is 11.8 Å². The lowest BCUT2D eigenvalue weighted by atomic mass is 10.1. The quantitative estimate of drug-likeness (QED) is 0.539. The van der Waals surface area contributed by atoms with Crippen LogP contribution in [0.4, 0.5) is 5.69 Å². The maximum atomic E-state index is 12.2. The third-order valence-corrected chi connectivity index (χ3v) is 2.98. The molecule has 3 N–H and O–H groups in total. The molecule has 0 aliphatic carbocycles. The fourth-order valence-corrected chi connectivity index (χ4v) is 2.12. The molecule has 1 aromatic rings. The summed E-state index contributed by atoms with van der Waals surface area (Å²) in [6.45, 7) is 0.355. The second-order valence-electron chi connectivity index (χ2n) is 4.04. The van der Waals surface area contributed by atoms with Gasteiger partial charge in [-0.1, -0.05) is 11.7 Å². The van der Waals surface area contributed by atoms with Gasteiger partial charge in [-0.2, -0.15) is 0 Å². The molecule has 7 heteroatoms. The number of nitrogens with zero attached hydrogens (tertiary/aromatic N) is 1. The number of carbonyl (C=O) groups excluding carboxylic acids is 2. The fourth-order valence-electron chi connectivity index (χ4n) is 2.12. The zero-order valence-electron chi connectivity index (χ0n) is 9.38. The van der Waals surface area contributed by atoms with E-state index in [9.17, 15) is 9.59 Å². The van der Waals surface area contributed by atoms with Crippen molar-refractivity contribution in [3.05, 3.63) is 29.3 Å². The van der Waals surface area contributed by atoms with E-state index in [1.807, 2.05) is 0 Å². The Kier molecular flexibility index (Phi) is 2.51. The summed E-state index contributed by atoms with van der Waals surface area (Å²) in [7, 11) is 0. The first-order valence-corrected chi connectivity index (χ1v) is 5.49. The van der Waals surface area contributed by atoms with Crippen LogP contribution in [0.3, 0.4) is 0 Å². The summed E-state index contributed by atoms with van der Waals surface area (Å²) in [5.41, 5.74) is 8.81. The smallest absolute Gasteiger partial charge is 0.265 e. The van der Waals surface area contributed by atoms with Crippen molar-refractivity contribution in [3.63, 3.8) is 0 Å². The van der Waals surface area contributed by atoms with Crippen LogP contribution < -0.4 is 11.4 Å². The zero-order valence-corrected chi connectivity index (χ0v) is 9.38. The summed E-state index contributed by atoms with van der Waals surface area (Å²) in [4.78, 5) is 35.3. The molecule has 0 spiro atoms. The minimum atomic E-state index is -0.675. The van der Waals surface area contributed by atoms with Crippen LogP contribution in [0.5, 0.6) is 0 Å². The number of nitrogens with two attached hydrogens (primary N) is 1. The van der Waals surface area contributed by atoms with Crippen molar-refractivity contribution in [1.82, 2.24) is 10.5 Å². The lowest BCUT2D eigenvalue weighted by molar-refractivity contribution is -0.259. The van der Waals surface area contributed by atoms with Crippen LogP contribution in [0.2, 0.25) is 0 Å². The van der Waals surface area contributed by atoms with Gasteiger partial charge in [0, 0.05) is 12.1 Å². The molecule has 1 atom stereocenters. The average Bonchev–Trinajstić information content (AvgIpc) is 2.64. The number of rotatable bonds is 1. The minimum absolute atomic E-state index is 0.248. The predicted molar refractivity (Wildman–Crippen MR) is 59.9 cm³/mol. The molecular weight excluding hydrogens is 238 g/mol. The molecule has 18 heavy (non-hydrogen) atoms. The Morgan fingerprint density at radius 2 is 2.17 bits per heavy atom. The van der Waals surface area contributed by atoms with E-state index in [0.29, 0.717) is 24.3 Å². The summed E-state index contributed by atoms with van der Waals surface area (Å²) in [5, 5.41) is 0. The molecule has 0 aromatic heterocycles. The van der Waals surface area contributed by atoms with Crippen LogP contribution >= 0.6 is 0 Å². The Bertz CT molecular complexity index is 525. The first-order valence-electron chi connectivity index (χ1n) is 5.49. The first kappa shape index (κ1) is 11.1. The monoisotopic (exact) mass is 249 g/mol. The number of fused-ring (bicyclic) bond motifs is 1. The van der Waals surface area contributed by atoms with Crippen LogP contribution in [-0.4, -0.2) is 29.5 Å². The van der Waals surface area contributed by atoms with Crippen LogP contribution in [0.1, 0.15) is 27.1 Å². The molecular formula is C11H11N3O4. The van der Waals surface area contributed by atoms with Crippen LogP contribution in [0, 0.1) is 0 Å². The lowest BCUT2D eigenvalue weighted by Gasteiger charge is -2.28. The Morgan fingerprint density at radius 1 is 1.33 bits per heavy atom. The van der Waals surface area contributed by atoms with Crippen LogP contribution in [-0.2, 0) is 9.68 Å². The largest absolute Gasteiger partial charge is 0.398 e. The number of amides is 2. The van der Waals surface area contributed by atoms with Gasteiger partial charge in [0.05, 0.1) is 17.7 Å². The van der Waals surface area contributed by atoms with Crippen molar-refractivity contribution in [2.75, 3.05) is 12.3 Å². The number of hydrogen-bond donors (Lipinski definition) is 2. The Hall–Kier alpha value is -1.96. The predicted octanol–water partition coefficient (Wildman–Crippen LogP) is 0.0474. The van der Waals surface area contributed by atoms with E-state index in [-0.39, 0.29) is 5.56 Å². The maximum Gasteiger partial charge on any atom is 0.265 e. The van der Waals surface area contributed by atoms with Gasteiger partial charge in [-0.3, -0.25) is 19.3 Å². The number of hydrogen-bond acceptors (Lipinski definition) is 6. The third kappa shape index (κ3) is 1.49. The van der Waals surface area contributed by atoms with Crippen molar-refractivity contribution in [3.8, 4) is 0 Å². The molecule has 2 amide bonds. The molecule has 3 rings (SSSR count). The molecule has 1 aromatic carbocycles. The first-order chi connectivity index (χ1) is 8.70. The Balaban J connectivity index is 1.99. The van der Waals surface area contributed by atoms with Crippen molar-refractivity contribution in [2.45, 2.75) is 12.6 Å². The number of nitrogens with one attached hydrogen (secondary N) is 1. The highest BCUT2D eigenvalue weighted by molar-refractivity contribution is 6.23. The summed E-state index contributed by atoms with van der Waals surface area (Å²) in [6.07, 6.45) is -0.260. The Labute approximate surface area is 102 Å². The van der Waals surface area contributed by atoms with E-state index in [1.54, 1.807) is 18.2 Å². The molecule has 0 radical (unpaired) electrons. The van der Waals surface area contributed by atoms with Crippen molar-refractivity contribution < 1.29 is 19.3 Å². The highest BCUT2D eigenvalue weighted by Crippen LogP contribution is 2.30. The number of benzene rings is 1. The average molecular weight is 249 g/mol. The van der Waals surface area contributed by atoms with Gasteiger partial charge in [-0.05, 0) is 12.1 Å². The summed E-state index contributed by atoms with van der Waals surface area (Å²) in [5.74, 6) is -0.821. The topological polar surface area (TPSA) is 93.9 Å². The van der Waals surface area contributed by atoms with Crippen molar-refractivity contribution in [2.24, 2.45) is 0 Å². The van der Waals surface area contributed by atoms with E-state index >= 15 is 0 Å². The molecule has 1 fully saturated rings. The van der Waals surface area contributed by atoms with E-state index in [0.717, 1.165) is 4.90 Å². The third-order valence-electron chi connectivity index (χ3n) is 2.98. The molecule has 1 saturated heterocycles. The van der Waals surface area contributed by atoms with Crippen LogP contribution in [0.15, 0.2) is 18.2 Å². The van der Waals surface area contributed by atoms with Gasteiger partial charge in [-0.15, -0.1) is 0 Å². The van der Waals surface area contributed by atoms with Crippen molar-refractivity contribution in [1.29, 1.82) is 0 Å². The Morgan fingerprint density at radius 3 is 2.83 bits per heavy atom. The summed E-state index contributed by atoms with van der Waals surface area (Å²) < 4.78 is 0. The molecule has 0 saturated carbocycles. The lowest BCUT2D eigenvalue weighted by Crippen LogP contribution is -2.47. The SMILES string of the molecule is Nc1cccc2c1C(=O)N(C1CCONO1)C2=O. The van der Waals surface area contributed by atoms with Gasteiger partial charge < -0.3 is 5.73 Å². The maximum absolute atomic E-state index is 12.2. The van der Waals surface area contributed by atoms with Gasteiger partial charge in [-0.25, -0.2) is 4.90 Å². The van der Waals surface area contributed by atoms with E-state index in [2.05, 4.69) is 5.64 Å².